The minimum Gasteiger partial charge on any atom is -0.344 e. The average molecular weight is 329 g/mol. The minimum absolute atomic E-state index is 0.200. The van der Waals surface area contributed by atoms with Crippen molar-refractivity contribution in [1.82, 2.24) is 10.2 Å². The lowest BCUT2D eigenvalue weighted by molar-refractivity contribution is -0.124. The van der Waals surface area contributed by atoms with Gasteiger partial charge >= 0.3 is 0 Å². The molecule has 0 radical (unpaired) electrons. The number of carbonyl (C=O) groups excluding carboxylic acids is 2. The maximum atomic E-state index is 12.3. The van der Waals surface area contributed by atoms with Crippen LogP contribution in [0.25, 0.3) is 6.08 Å². The topological polar surface area (TPSA) is 49.4 Å². The second-order valence-electron chi connectivity index (χ2n) is 5.13. The minimum atomic E-state index is -0.332. The molecule has 0 atom stereocenters. The Bertz CT molecular complexity index is 722. The molecule has 2 rings (SSSR count). The number of nitrogens with one attached hydrogen (secondary N) is 1. The van der Waals surface area contributed by atoms with Gasteiger partial charge in [-0.05, 0) is 35.9 Å². The van der Waals surface area contributed by atoms with Crippen molar-refractivity contribution in [3.05, 3.63) is 76.4 Å². The molecule has 0 spiro atoms. The van der Waals surface area contributed by atoms with Gasteiger partial charge in [-0.25, -0.2) is 0 Å². The third-order valence-electron chi connectivity index (χ3n) is 3.10. The summed E-state index contributed by atoms with van der Waals surface area (Å²) in [4.78, 5) is 26.0. The summed E-state index contributed by atoms with van der Waals surface area (Å²) < 4.78 is 0. The first-order chi connectivity index (χ1) is 11.0. The lowest BCUT2D eigenvalue weighted by Gasteiger charge is -2.15. The summed E-state index contributed by atoms with van der Waals surface area (Å²) in [6.07, 6.45) is 1.62. The molecule has 118 valence electrons. The SMILES string of the molecule is CN(C)C(=O)/C(=C\c1ccc(Cl)cc1)NC(=O)c1ccccc1. The third kappa shape index (κ3) is 4.69. The Morgan fingerprint density at radius 2 is 1.61 bits per heavy atom. The predicted molar refractivity (Wildman–Crippen MR) is 92.0 cm³/mol. The molecule has 0 unspecified atom stereocenters. The molecule has 23 heavy (non-hydrogen) atoms. The molecule has 0 heterocycles. The van der Waals surface area contributed by atoms with Crippen molar-refractivity contribution in [2.24, 2.45) is 0 Å². The predicted octanol–water partition coefficient (Wildman–Crippen LogP) is 3.20. The fraction of sp³-hybridized carbons (Fsp3) is 0.111. The van der Waals surface area contributed by atoms with Gasteiger partial charge in [-0.1, -0.05) is 41.9 Å². The summed E-state index contributed by atoms with van der Waals surface area (Å²) >= 11 is 5.86. The number of hydrogen-bond donors (Lipinski definition) is 1. The smallest absolute Gasteiger partial charge is 0.269 e. The Hall–Kier alpha value is -2.59. The number of benzene rings is 2. The summed E-state index contributed by atoms with van der Waals surface area (Å²) in [5.74, 6) is -0.620. The Kier molecular flexibility index (Phi) is 5.55. The van der Waals surface area contributed by atoms with Crippen LogP contribution in [0.2, 0.25) is 5.02 Å². The highest BCUT2D eigenvalue weighted by atomic mass is 35.5. The molecule has 2 aromatic rings. The van der Waals surface area contributed by atoms with E-state index in [-0.39, 0.29) is 17.5 Å². The Labute approximate surface area is 140 Å². The molecule has 0 aliphatic heterocycles. The molecule has 2 amide bonds. The van der Waals surface area contributed by atoms with Crippen molar-refractivity contribution in [2.75, 3.05) is 14.1 Å². The van der Waals surface area contributed by atoms with E-state index in [1.807, 2.05) is 6.07 Å². The van der Waals surface area contributed by atoms with Crippen LogP contribution in [-0.2, 0) is 4.79 Å². The van der Waals surface area contributed by atoms with Crippen LogP contribution in [0.15, 0.2) is 60.3 Å². The number of hydrogen-bond acceptors (Lipinski definition) is 2. The van der Waals surface area contributed by atoms with Crippen LogP contribution in [-0.4, -0.2) is 30.8 Å². The zero-order valence-corrected chi connectivity index (χ0v) is 13.7. The van der Waals surface area contributed by atoms with E-state index in [0.717, 1.165) is 5.56 Å². The summed E-state index contributed by atoms with van der Waals surface area (Å²) in [6.45, 7) is 0. The number of likely N-dealkylation sites (N-methyl/N-ethyl adjacent to an activating group) is 1. The van der Waals surface area contributed by atoms with Crippen LogP contribution in [0.3, 0.4) is 0 Å². The van der Waals surface area contributed by atoms with E-state index in [1.54, 1.807) is 68.7 Å². The number of nitrogens with zero attached hydrogens (tertiary/aromatic N) is 1. The molecule has 0 saturated heterocycles. The van der Waals surface area contributed by atoms with Crippen molar-refractivity contribution in [3.8, 4) is 0 Å². The lowest BCUT2D eigenvalue weighted by Crippen LogP contribution is -2.34. The van der Waals surface area contributed by atoms with Gasteiger partial charge < -0.3 is 10.2 Å². The van der Waals surface area contributed by atoms with Gasteiger partial charge in [0.15, 0.2) is 0 Å². The maximum absolute atomic E-state index is 12.3. The second kappa shape index (κ2) is 7.61. The molecule has 0 bridgehead atoms. The summed E-state index contributed by atoms with van der Waals surface area (Å²) in [5, 5.41) is 3.28. The maximum Gasteiger partial charge on any atom is 0.269 e. The van der Waals surface area contributed by atoms with E-state index in [0.29, 0.717) is 10.6 Å². The van der Waals surface area contributed by atoms with E-state index in [4.69, 9.17) is 11.6 Å². The number of halogens is 1. The normalized spacial score (nSPS) is 11.0. The number of rotatable bonds is 4. The van der Waals surface area contributed by atoms with Gasteiger partial charge in [-0.2, -0.15) is 0 Å². The summed E-state index contributed by atoms with van der Waals surface area (Å²) in [5.41, 5.74) is 1.46. The van der Waals surface area contributed by atoms with Crippen LogP contribution in [0, 0.1) is 0 Å². The Morgan fingerprint density at radius 3 is 2.17 bits per heavy atom. The zero-order valence-electron chi connectivity index (χ0n) is 12.9. The molecule has 5 heteroatoms. The van der Waals surface area contributed by atoms with Gasteiger partial charge in [0.25, 0.3) is 11.8 Å². The molecular weight excluding hydrogens is 312 g/mol. The highest BCUT2D eigenvalue weighted by Crippen LogP contribution is 2.13. The Morgan fingerprint density at radius 1 is 1.00 bits per heavy atom. The largest absolute Gasteiger partial charge is 0.344 e. The van der Waals surface area contributed by atoms with E-state index in [1.165, 1.54) is 4.90 Å². The van der Waals surface area contributed by atoms with Crippen LogP contribution in [0.4, 0.5) is 0 Å². The zero-order chi connectivity index (χ0) is 16.8. The van der Waals surface area contributed by atoms with Crippen LogP contribution in [0.5, 0.6) is 0 Å². The standard InChI is InChI=1S/C18H17ClN2O2/c1-21(2)18(23)16(12-13-8-10-15(19)11-9-13)20-17(22)14-6-4-3-5-7-14/h3-12H,1-2H3,(H,20,22)/b16-12+. The van der Waals surface area contributed by atoms with Gasteiger partial charge in [0.05, 0.1) is 0 Å². The van der Waals surface area contributed by atoms with E-state index in [9.17, 15) is 9.59 Å². The number of amides is 2. The van der Waals surface area contributed by atoms with Crippen LogP contribution >= 0.6 is 11.6 Å². The first-order valence-electron chi connectivity index (χ1n) is 7.02. The van der Waals surface area contributed by atoms with Crippen molar-refractivity contribution in [1.29, 1.82) is 0 Å². The molecule has 0 aliphatic carbocycles. The summed E-state index contributed by atoms with van der Waals surface area (Å²) in [6, 6.07) is 15.8. The average Bonchev–Trinajstić information content (AvgIpc) is 2.56. The van der Waals surface area contributed by atoms with Gasteiger partial charge in [-0.3, -0.25) is 9.59 Å². The quantitative estimate of drug-likeness (QED) is 0.876. The lowest BCUT2D eigenvalue weighted by atomic mass is 10.1. The van der Waals surface area contributed by atoms with Crippen molar-refractivity contribution < 1.29 is 9.59 Å². The monoisotopic (exact) mass is 328 g/mol. The second-order valence-corrected chi connectivity index (χ2v) is 5.57. The van der Waals surface area contributed by atoms with E-state index < -0.39 is 0 Å². The Balaban J connectivity index is 2.29. The number of carbonyl (C=O) groups is 2. The molecular formula is C18H17ClN2O2. The molecule has 1 N–H and O–H groups in total. The molecule has 0 saturated carbocycles. The van der Waals surface area contributed by atoms with Crippen molar-refractivity contribution in [2.45, 2.75) is 0 Å². The van der Waals surface area contributed by atoms with Crippen molar-refractivity contribution in [3.63, 3.8) is 0 Å². The third-order valence-corrected chi connectivity index (χ3v) is 3.35. The van der Waals surface area contributed by atoms with Gasteiger partial charge in [0.1, 0.15) is 5.70 Å². The molecule has 0 aliphatic rings. The van der Waals surface area contributed by atoms with E-state index >= 15 is 0 Å². The first-order valence-corrected chi connectivity index (χ1v) is 7.40. The van der Waals surface area contributed by atoms with Crippen molar-refractivity contribution >= 4 is 29.5 Å². The molecule has 0 aromatic heterocycles. The highest BCUT2D eigenvalue weighted by Gasteiger charge is 2.16. The fourth-order valence-electron chi connectivity index (χ4n) is 1.90. The van der Waals surface area contributed by atoms with Gasteiger partial charge in [-0.15, -0.1) is 0 Å². The van der Waals surface area contributed by atoms with Crippen LogP contribution < -0.4 is 5.32 Å². The van der Waals surface area contributed by atoms with Gasteiger partial charge in [0.2, 0.25) is 0 Å². The first kappa shape index (κ1) is 16.8. The van der Waals surface area contributed by atoms with Crippen LogP contribution in [0.1, 0.15) is 15.9 Å². The highest BCUT2D eigenvalue weighted by molar-refractivity contribution is 6.30. The molecule has 4 nitrogen and oxygen atoms in total. The summed E-state index contributed by atoms with van der Waals surface area (Å²) in [7, 11) is 3.26. The molecule has 2 aromatic carbocycles. The van der Waals surface area contributed by atoms with Gasteiger partial charge in [0, 0.05) is 24.7 Å². The molecule has 0 fully saturated rings. The van der Waals surface area contributed by atoms with E-state index in [2.05, 4.69) is 5.32 Å². The fourth-order valence-corrected chi connectivity index (χ4v) is 2.03.